The van der Waals surface area contributed by atoms with Crippen molar-refractivity contribution in [2.45, 2.75) is 20.4 Å². The molecular formula is C21H22N4O2. The van der Waals surface area contributed by atoms with Crippen LogP contribution in [0.5, 0.6) is 5.75 Å². The summed E-state index contributed by atoms with van der Waals surface area (Å²) in [7, 11) is 1.58. The summed E-state index contributed by atoms with van der Waals surface area (Å²) >= 11 is 0. The van der Waals surface area contributed by atoms with Crippen molar-refractivity contribution >= 4 is 17.4 Å². The van der Waals surface area contributed by atoms with Gasteiger partial charge in [0.15, 0.2) is 0 Å². The molecule has 3 rings (SSSR count). The molecule has 0 aliphatic carbocycles. The molecule has 0 fully saturated rings. The van der Waals surface area contributed by atoms with Crippen LogP contribution in [-0.4, -0.2) is 23.0 Å². The Kier molecular flexibility index (Phi) is 5.66. The molecule has 0 aliphatic rings. The summed E-state index contributed by atoms with van der Waals surface area (Å²) in [4.78, 5) is 21.2. The Morgan fingerprint density at radius 3 is 2.63 bits per heavy atom. The zero-order valence-corrected chi connectivity index (χ0v) is 15.6. The Morgan fingerprint density at radius 2 is 1.85 bits per heavy atom. The number of aromatic nitrogens is 2. The number of nitrogens with zero attached hydrogens (tertiary/aromatic N) is 2. The lowest BCUT2D eigenvalue weighted by molar-refractivity contribution is 0.102. The molecule has 138 valence electrons. The zero-order valence-electron chi connectivity index (χ0n) is 15.6. The second kappa shape index (κ2) is 8.31. The predicted octanol–water partition coefficient (Wildman–Crippen LogP) is 3.97. The van der Waals surface area contributed by atoms with E-state index in [-0.39, 0.29) is 5.91 Å². The molecule has 2 aromatic carbocycles. The molecule has 1 aromatic heterocycles. The van der Waals surface area contributed by atoms with Gasteiger partial charge in [-0.05, 0) is 31.5 Å². The highest BCUT2D eigenvalue weighted by atomic mass is 16.5. The van der Waals surface area contributed by atoms with Gasteiger partial charge in [0.25, 0.3) is 5.91 Å². The quantitative estimate of drug-likeness (QED) is 0.694. The largest absolute Gasteiger partial charge is 0.497 e. The van der Waals surface area contributed by atoms with Gasteiger partial charge in [-0.3, -0.25) is 4.79 Å². The van der Waals surface area contributed by atoms with Crippen LogP contribution in [0.2, 0.25) is 0 Å². The molecule has 0 saturated carbocycles. The molecule has 2 N–H and O–H groups in total. The van der Waals surface area contributed by atoms with Crippen LogP contribution < -0.4 is 15.4 Å². The number of amides is 1. The van der Waals surface area contributed by atoms with Gasteiger partial charge in [-0.2, -0.15) is 0 Å². The number of nitrogens with one attached hydrogen (secondary N) is 2. The van der Waals surface area contributed by atoms with Crippen molar-refractivity contribution in [3.63, 3.8) is 0 Å². The van der Waals surface area contributed by atoms with Gasteiger partial charge in [0.05, 0.1) is 7.11 Å². The molecule has 6 nitrogen and oxygen atoms in total. The second-order valence-corrected chi connectivity index (χ2v) is 6.21. The van der Waals surface area contributed by atoms with E-state index in [1.54, 1.807) is 32.2 Å². The molecule has 0 spiro atoms. The lowest BCUT2D eigenvalue weighted by Gasteiger charge is -2.10. The van der Waals surface area contributed by atoms with Gasteiger partial charge in [0.2, 0.25) is 0 Å². The Bertz CT molecular complexity index is 956. The lowest BCUT2D eigenvalue weighted by atomic mass is 10.1. The van der Waals surface area contributed by atoms with Crippen molar-refractivity contribution in [2.75, 3.05) is 17.7 Å². The summed E-state index contributed by atoms with van der Waals surface area (Å²) in [5.74, 6) is 1.51. The van der Waals surface area contributed by atoms with Crippen LogP contribution in [0, 0.1) is 13.8 Å². The summed E-state index contributed by atoms with van der Waals surface area (Å²) in [6.07, 6.45) is 0. The fourth-order valence-electron chi connectivity index (χ4n) is 2.69. The van der Waals surface area contributed by atoms with Crippen molar-refractivity contribution in [3.8, 4) is 5.75 Å². The predicted molar refractivity (Wildman–Crippen MR) is 106 cm³/mol. The highest BCUT2D eigenvalue weighted by Gasteiger charge is 2.11. The average Bonchev–Trinajstić information content (AvgIpc) is 2.66. The van der Waals surface area contributed by atoms with E-state index in [1.807, 2.05) is 24.3 Å². The average molecular weight is 362 g/mol. The summed E-state index contributed by atoms with van der Waals surface area (Å²) < 4.78 is 5.18. The first-order chi connectivity index (χ1) is 13.0. The van der Waals surface area contributed by atoms with Gasteiger partial charge in [0, 0.05) is 24.4 Å². The molecule has 0 unspecified atom stereocenters. The van der Waals surface area contributed by atoms with E-state index in [0.29, 0.717) is 35.3 Å². The number of carbonyl (C=O) groups is 1. The van der Waals surface area contributed by atoms with Gasteiger partial charge in [-0.25, -0.2) is 9.97 Å². The fraction of sp³-hybridized carbons (Fsp3) is 0.190. The number of rotatable bonds is 6. The van der Waals surface area contributed by atoms with E-state index in [0.717, 1.165) is 5.56 Å². The first kappa shape index (κ1) is 18.4. The molecule has 27 heavy (non-hydrogen) atoms. The number of benzene rings is 2. The third-order valence-electron chi connectivity index (χ3n) is 3.95. The Hall–Kier alpha value is -3.41. The van der Waals surface area contributed by atoms with Crippen molar-refractivity contribution in [2.24, 2.45) is 0 Å². The molecule has 1 amide bonds. The zero-order chi connectivity index (χ0) is 19.2. The van der Waals surface area contributed by atoms with Crippen LogP contribution in [-0.2, 0) is 6.54 Å². The maximum Gasteiger partial charge on any atom is 0.274 e. The molecule has 0 saturated heterocycles. The summed E-state index contributed by atoms with van der Waals surface area (Å²) in [6.45, 7) is 4.44. The topological polar surface area (TPSA) is 76.1 Å². The van der Waals surface area contributed by atoms with Crippen LogP contribution in [0.25, 0.3) is 0 Å². The Labute approximate surface area is 158 Å². The van der Waals surface area contributed by atoms with E-state index < -0.39 is 0 Å². The van der Waals surface area contributed by atoms with Crippen LogP contribution in [0.1, 0.15) is 27.4 Å². The van der Waals surface area contributed by atoms with E-state index in [4.69, 9.17) is 4.74 Å². The van der Waals surface area contributed by atoms with Crippen molar-refractivity contribution in [3.05, 3.63) is 77.2 Å². The number of hydrogen-bond donors (Lipinski definition) is 2. The number of carbonyl (C=O) groups excluding carboxylic acids is 1. The highest BCUT2D eigenvalue weighted by molar-refractivity contribution is 6.03. The Morgan fingerprint density at radius 1 is 1.04 bits per heavy atom. The van der Waals surface area contributed by atoms with Crippen LogP contribution in [0.15, 0.2) is 54.6 Å². The minimum Gasteiger partial charge on any atom is -0.497 e. The van der Waals surface area contributed by atoms with Gasteiger partial charge < -0.3 is 15.4 Å². The van der Waals surface area contributed by atoms with Gasteiger partial charge in [0.1, 0.15) is 23.1 Å². The van der Waals surface area contributed by atoms with Crippen LogP contribution in [0.3, 0.4) is 0 Å². The second-order valence-electron chi connectivity index (χ2n) is 6.21. The van der Waals surface area contributed by atoms with E-state index in [9.17, 15) is 4.79 Å². The number of ether oxygens (including phenoxy) is 1. The monoisotopic (exact) mass is 362 g/mol. The van der Waals surface area contributed by atoms with Gasteiger partial charge >= 0.3 is 0 Å². The van der Waals surface area contributed by atoms with Gasteiger partial charge in [-0.15, -0.1) is 0 Å². The van der Waals surface area contributed by atoms with E-state index in [1.165, 1.54) is 5.56 Å². The molecule has 3 aromatic rings. The smallest absolute Gasteiger partial charge is 0.274 e. The number of anilines is 2. The van der Waals surface area contributed by atoms with E-state index in [2.05, 4.69) is 39.7 Å². The number of hydrogen-bond acceptors (Lipinski definition) is 5. The van der Waals surface area contributed by atoms with Crippen LogP contribution in [0.4, 0.5) is 11.5 Å². The maximum atomic E-state index is 12.6. The molecular weight excluding hydrogens is 340 g/mol. The number of aryl methyl sites for hydroxylation is 2. The Balaban J connectivity index is 1.72. The minimum atomic E-state index is -0.299. The lowest BCUT2D eigenvalue weighted by Crippen LogP contribution is -2.16. The molecule has 1 heterocycles. The normalized spacial score (nSPS) is 10.3. The summed E-state index contributed by atoms with van der Waals surface area (Å²) in [6, 6.07) is 17.1. The summed E-state index contributed by atoms with van der Waals surface area (Å²) in [5.41, 5.74) is 3.29. The van der Waals surface area contributed by atoms with Crippen molar-refractivity contribution < 1.29 is 9.53 Å². The highest BCUT2D eigenvalue weighted by Crippen LogP contribution is 2.18. The fourth-order valence-corrected chi connectivity index (χ4v) is 2.69. The molecule has 6 heteroatoms. The molecule has 0 radical (unpaired) electrons. The van der Waals surface area contributed by atoms with Crippen molar-refractivity contribution in [1.82, 2.24) is 9.97 Å². The third kappa shape index (κ3) is 5.04. The number of methoxy groups -OCH3 is 1. The standard InChI is InChI=1S/C21H22N4O2/c1-14-6-4-7-16(10-14)13-22-20-12-19(23-15(2)24-20)21(26)25-17-8-5-9-18(11-17)27-3/h4-12H,13H2,1-3H3,(H,25,26)(H,22,23,24). The maximum absolute atomic E-state index is 12.6. The molecule has 0 bridgehead atoms. The van der Waals surface area contributed by atoms with Crippen molar-refractivity contribution in [1.29, 1.82) is 0 Å². The molecule has 0 atom stereocenters. The first-order valence-electron chi connectivity index (χ1n) is 8.64. The minimum absolute atomic E-state index is 0.299. The first-order valence-corrected chi connectivity index (χ1v) is 8.64. The SMILES string of the molecule is COc1cccc(NC(=O)c2cc(NCc3cccc(C)c3)nc(C)n2)c1. The van der Waals surface area contributed by atoms with Gasteiger partial charge in [-0.1, -0.05) is 35.9 Å². The van der Waals surface area contributed by atoms with Crippen LogP contribution >= 0.6 is 0 Å². The molecule has 0 aliphatic heterocycles. The summed E-state index contributed by atoms with van der Waals surface area (Å²) in [5, 5.41) is 6.09. The third-order valence-corrected chi connectivity index (χ3v) is 3.95. The van der Waals surface area contributed by atoms with E-state index >= 15 is 0 Å².